The summed E-state index contributed by atoms with van der Waals surface area (Å²) in [7, 11) is 0. The summed E-state index contributed by atoms with van der Waals surface area (Å²) in [6.45, 7) is 4.95. The van der Waals surface area contributed by atoms with Gasteiger partial charge >= 0.3 is 12.1 Å². The van der Waals surface area contributed by atoms with Crippen molar-refractivity contribution in [2.45, 2.75) is 20.0 Å². The second-order valence-electron chi connectivity index (χ2n) is 5.86. The second-order valence-corrected chi connectivity index (χ2v) is 5.86. The lowest BCUT2D eigenvalue weighted by Gasteiger charge is -2.24. The summed E-state index contributed by atoms with van der Waals surface area (Å²) in [6.07, 6.45) is 0.600. The van der Waals surface area contributed by atoms with Gasteiger partial charge in [0.1, 0.15) is 6.61 Å². The number of carbonyl (C=O) groups is 2. The zero-order valence-corrected chi connectivity index (χ0v) is 13.5. The average Bonchev–Trinajstić information content (AvgIpc) is 2.97. The molecule has 1 atom stereocenters. The fourth-order valence-electron chi connectivity index (χ4n) is 2.85. The first-order valence-corrected chi connectivity index (χ1v) is 7.98. The van der Waals surface area contributed by atoms with Gasteiger partial charge in [-0.2, -0.15) is 0 Å². The summed E-state index contributed by atoms with van der Waals surface area (Å²) in [6, 6.07) is 9.59. The highest BCUT2D eigenvalue weighted by atomic mass is 16.6. The van der Waals surface area contributed by atoms with Crippen LogP contribution in [0.1, 0.15) is 18.9 Å². The van der Waals surface area contributed by atoms with Crippen LogP contribution in [0.15, 0.2) is 30.3 Å². The van der Waals surface area contributed by atoms with E-state index in [1.54, 1.807) is 4.90 Å². The van der Waals surface area contributed by atoms with Crippen LogP contribution in [0.5, 0.6) is 0 Å². The van der Waals surface area contributed by atoms with Crippen LogP contribution in [0.4, 0.5) is 4.79 Å². The van der Waals surface area contributed by atoms with Crippen LogP contribution in [0.3, 0.4) is 0 Å². The maximum absolute atomic E-state index is 12.2. The molecule has 1 saturated heterocycles. The van der Waals surface area contributed by atoms with Crippen molar-refractivity contribution in [3.8, 4) is 0 Å². The van der Waals surface area contributed by atoms with Gasteiger partial charge in [0.25, 0.3) is 0 Å². The summed E-state index contributed by atoms with van der Waals surface area (Å²) in [5.41, 5.74) is 0.963. The molecule has 1 N–H and O–H groups in total. The first-order valence-electron chi connectivity index (χ1n) is 7.98. The molecular weight excluding hydrogens is 296 g/mol. The third kappa shape index (κ3) is 5.56. The van der Waals surface area contributed by atoms with Crippen molar-refractivity contribution in [1.82, 2.24) is 9.80 Å². The molecule has 0 unspecified atom stereocenters. The van der Waals surface area contributed by atoms with Crippen molar-refractivity contribution in [1.29, 1.82) is 0 Å². The van der Waals surface area contributed by atoms with Crippen molar-refractivity contribution >= 4 is 12.1 Å². The van der Waals surface area contributed by atoms with E-state index in [9.17, 15) is 9.59 Å². The lowest BCUT2D eigenvalue weighted by atomic mass is 10.1. The quantitative estimate of drug-likeness (QED) is 0.832. The predicted molar refractivity (Wildman–Crippen MR) is 86.1 cm³/mol. The lowest BCUT2D eigenvalue weighted by molar-refractivity contribution is -0.138. The molecule has 6 heteroatoms. The molecular formula is C17H24N2O4. The van der Waals surface area contributed by atoms with Crippen LogP contribution >= 0.6 is 0 Å². The highest BCUT2D eigenvalue weighted by Gasteiger charge is 2.27. The minimum Gasteiger partial charge on any atom is -0.480 e. The van der Waals surface area contributed by atoms with Gasteiger partial charge in [-0.15, -0.1) is 0 Å². The van der Waals surface area contributed by atoms with Gasteiger partial charge in [-0.3, -0.25) is 9.69 Å². The number of hydrogen-bond donors (Lipinski definition) is 1. The zero-order chi connectivity index (χ0) is 16.7. The van der Waals surface area contributed by atoms with E-state index in [-0.39, 0.29) is 19.2 Å². The van der Waals surface area contributed by atoms with Crippen LogP contribution in [0, 0.1) is 5.92 Å². The molecule has 6 nitrogen and oxygen atoms in total. The molecule has 1 aliphatic heterocycles. The van der Waals surface area contributed by atoms with Crippen LogP contribution in [-0.4, -0.2) is 59.7 Å². The number of likely N-dealkylation sites (tertiary alicyclic amines) is 1. The Balaban J connectivity index is 1.78. The monoisotopic (exact) mass is 320 g/mol. The van der Waals surface area contributed by atoms with Crippen molar-refractivity contribution < 1.29 is 19.4 Å². The third-order valence-electron chi connectivity index (χ3n) is 4.05. The predicted octanol–water partition coefficient (Wildman–Crippen LogP) is 2.05. The van der Waals surface area contributed by atoms with Gasteiger partial charge in [0, 0.05) is 19.6 Å². The maximum Gasteiger partial charge on any atom is 0.410 e. The van der Waals surface area contributed by atoms with E-state index in [1.807, 2.05) is 42.2 Å². The number of benzene rings is 1. The number of carboxylic acid groups (broad SMARTS) is 1. The van der Waals surface area contributed by atoms with Gasteiger partial charge in [0.15, 0.2) is 0 Å². The van der Waals surface area contributed by atoms with E-state index in [1.165, 1.54) is 0 Å². The molecule has 2 rings (SSSR count). The number of rotatable bonds is 7. The van der Waals surface area contributed by atoms with E-state index in [4.69, 9.17) is 9.84 Å². The van der Waals surface area contributed by atoms with Gasteiger partial charge in [-0.1, -0.05) is 30.3 Å². The fraction of sp³-hybridized carbons (Fsp3) is 0.529. The van der Waals surface area contributed by atoms with Gasteiger partial charge in [-0.05, 0) is 31.4 Å². The number of amides is 1. The van der Waals surface area contributed by atoms with Crippen LogP contribution in [0.2, 0.25) is 0 Å². The first kappa shape index (κ1) is 17.3. The van der Waals surface area contributed by atoms with E-state index < -0.39 is 5.97 Å². The van der Waals surface area contributed by atoms with Crippen molar-refractivity contribution in [3.63, 3.8) is 0 Å². The Morgan fingerprint density at radius 3 is 2.74 bits per heavy atom. The summed E-state index contributed by atoms with van der Waals surface area (Å²) in [4.78, 5) is 26.5. The zero-order valence-electron chi connectivity index (χ0n) is 13.5. The van der Waals surface area contributed by atoms with Crippen LogP contribution in [-0.2, 0) is 16.1 Å². The Labute approximate surface area is 136 Å². The van der Waals surface area contributed by atoms with Crippen molar-refractivity contribution in [2.75, 3.05) is 32.7 Å². The summed E-state index contributed by atoms with van der Waals surface area (Å²) >= 11 is 0. The molecule has 0 saturated carbocycles. The minimum atomic E-state index is -0.805. The Morgan fingerprint density at radius 2 is 2.09 bits per heavy atom. The lowest BCUT2D eigenvalue weighted by Crippen LogP contribution is -2.37. The smallest absolute Gasteiger partial charge is 0.410 e. The molecule has 1 amide bonds. The minimum absolute atomic E-state index is 0.0705. The molecule has 0 aliphatic carbocycles. The summed E-state index contributed by atoms with van der Waals surface area (Å²) < 4.78 is 5.36. The number of hydrogen-bond acceptors (Lipinski definition) is 4. The van der Waals surface area contributed by atoms with Crippen molar-refractivity contribution in [3.05, 3.63) is 35.9 Å². The summed E-state index contributed by atoms with van der Waals surface area (Å²) in [5.74, 6) is -0.501. The van der Waals surface area contributed by atoms with Gasteiger partial charge in [0.2, 0.25) is 0 Å². The first-order chi connectivity index (χ1) is 11.1. The Hall–Kier alpha value is -2.08. The topological polar surface area (TPSA) is 70.1 Å². The largest absolute Gasteiger partial charge is 0.480 e. The molecule has 1 fully saturated rings. The van der Waals surface area contributed by atoms with Gasteiger partial charge < -0.3 is 14.7 Å². The maximum atomic E-state index is 12.2. The normalized spacial score (nSPS) is 17.9. The van der Waals surface area contributed by atoms with Crippen molar-refractivity contribution in [2.24, 2.45) is 5.92 Å². The number of carboxylic acids is 1. The van der Waals surface area contributed by atoms with E-state index in [2.05, 4.69) is 0 Å². The van der Waals surface area contributed by atoms with E-state index in [0.717, 1.165) is 25.1 Å². The third-order valence-corrected chi connectivity index (χ3v) is 4.05. The highest BCUT2D eigenvalue weighted by molar-refractivity contribution is 5.69. The van der Waals surface area contributed by atoms with Gasteiger partial charge in [0.05, 0.1) is 6.54 Å². The molecule has 0 spiro atoms. The molecule has 126 valence electrons. The Morgan fingerprint density at radius 1 is 1.35 bits per heavy atom. The fourth-order valence-corrected chi connectivity index (χ4v) is 2.85. The summed E-state index contributed by atoms with van der Waals surface area (Å²) in [5, 5.41) is 8.83. The molecule has 23 heavy (non-hydrogen) atoms. The molecule has 0 radical (unpaired) electrons. The number of nitrogens with zero attached hydrogens (tertiary/aromatic N) is 2. The van der Waals surface area contributed by atoms with Crippen LogP contribution < -0.4 is 0 Å². The molecule has 1 heterocycles. The average molecular weight is 320 g/mol. The second kappa shape index (κ2) is 8.53. The Bertz CT molecular complexity index is 521. The molecule has 0 aromatic heterocycles. The number of aliphatic carboxylic acids is 1. The van der Waals surface area contributed by atoms with E-state index >= 15 is 0 Å². The molecule has 0 bridgehead atoms. The number of carbonyl (C=O) groups excluding carboxylic acids is 1. The van der Waals surface area contributed by atoms with E-state index in [0.29, 0.717) is 19.0 Å². The highest BCUT2D eigenvalue weighted by Crippen LogP contribution is 2.17. The van der Waals surface area contributed by atoms with Crippen LogP contribution in [0.25, 0.3) is 0 Å². The SMILES string of the molecule is CCN(C[C@H]1CCN(CC(=O)O)C1)C(=O)OCc1ccccc1. The molecule has 1 aromatic rings. The molecule has 1 aliphatic rings. The number of ether oxygens (including phenoxy) is 1. The molecule has 1 aromatic carbocycles. The Kier molecular flexibility index (Phi) is 6.40. The standard InChI is InChI=1S/C17H24N2O4/c1-2-19(11-15-8-9-18(10-15)12-16(20)21)17(22)23-13-14-6-4-3-5-7-14/h3-7,15H,2,8-13H2,1H3,(H,20,21)/t15-/m0/s1. The van der Waals surface area contributed by atoms with Gasteiger partial charge in [-0.25, -0.2) is 4.79 Å².